The molecule has 2 fully saturated rings. The fraction of sp³-hybridized carbons (Fsp3) is 0.938. The molecular formula is C16H28O4. The zero-order valence-corrected chi connectivity index (χ0v) is 13.0. The Morgan fingerprint density at radius 2 is 1.50 bits per heavy atom. The SMILES string of the molecule is CC(C)(C)CCCCC(CC1CO1)(CC1CO1)C(=O)O. The van der Waals surface area contributed by atoms with E-state index in [1.54, 1.807) is 0 Å². The summed E-state index contributed by atoms with van der Waals surface area (Å²) in [5.41, 5.74) is -0.314. The number of carboxylic acids is 1. The molecule has 4 nitrogen and oxygen atoms in total. The minimum absolute atomic E-state index is 0.160. The Kier molecular flexibility index (Phi) is 4.75. The summed E-state index contributed by atoms with van der Waals surface area (Å²) in [5.74, 6) is -0.667. The van der Waals surface area contributed by atoms with Gasteiger partial charge in [-0.15, -0.1) is 0 Å². The lowest BCUT2D eigenvalue weighted by atomic mass is 9.74. The first-order valence-corrected chi connectivity index (χ1v) is 7.77. The molecule has 4 heteroatoms. The van der Waals surface area contributed by atoms with Crippen LogP contribution in [0.2, 0.25) is 0 Å². The van der Waals surface area contributed by atoms with E-state index in [-0.39, 0.29) is 12.2 Å². The van der Waals surface area contributed by atoms with E-state index in [0.717, 1.165) is 38.9 Å². The number of carboxylic acid groups (broad SMARTS) is 1. The van der Waals surface area contributed by atoms with Crippen molar-refractivity contribution in [3.05, 3.63) is 0 Å². The van der Waals surface area contributed by atoms with Gasteiger partial charge in [0.15, 0.2) is 0 Å². The highest BCUT2D eigenvalue weighted by molar-refractivity contribution is 5.74. The molecule has 116 valence electrons. The van der Waals surface area contributed by atoms with E-state index in [4.69, 9.17) is 9.47 Å². The van der Waals surface area contributed by atoms with Crippen LogP contribution in [0.15, 0.2) is 0 Å². The highest BCUT2D eigenvalue weighted by Gasteiger charge is 2.47. The van der Waals surface area contributed by atoms with Crippen molar-refractivity contribution < 1.29 is 19.4 Å². The van der Waals surface area contributed by atoms with E-state index in [2.05, 4.69) is 20.8 Å². The second kappa shape index (κ2) is 6.02. The number of carbonyl (C=O) groups is 1. The number of ether oxygens (including phenoxy) is 2. The standard InChI is InChI=1S/C16H28O4/c1-15(2,3)6-4-5-7-16(14(17)18,8-12-10-19-12)9-13-11-20-13/h12-13H,4-11H2,1-3H3,(H,17,18). The van der Waals surface area contributed by atoms with Gasteiger partial charge in [-0.3, -0.25) is 4.79 Å². The molecule has 0 radical (unpaired) electrons. The van der Waals surface area contributed by atoms with Crippen LogP contribution in [-0.2, 0) is 14.3 Å². The Labute approximate surface area is 121 Å². The first-order valence-electron chi connectivity index (χ1n) is 7.77. The van der Waals surface area contributed by atoms with Crippen LogP contribution in [0, 0.1) is 10.8 Å². The summed E-state index contributed by atoms with van der Waals surface area (Å²) in [6.45, 7) is 8.14. The van der Waals surface area contributed by atoms with Gasteiger partial charge in [0.1, 0.15) is 0 Å². The molecule has 0 aromatic rings. The summed E-state index contributed by atoms with van der Waals surface area (Å²) in [5, 5.41) is 9.73. The number of epoxide rings is 2. The average Bonchev–Trinajstić information content (AvgIpc) is 3.18. The lowest BCUT2D eigenvalue weighted by Crippen LogP contribution is -2.34. The number of unbranched alkanes of at least 4 members (excludes halogenated alkanes) is 1. The van der Waals surface area contributed by atoms with Crippen LogP contribution in [0.1, 0.15) is 59.3 Å². The lowest BCUT2D eigenvalue weighted by molar-refractivity contribution is -0.151. The number of hydrogen-bond acceptors (Lipinski definition) is 3. The first kappa shape index (κ1) is 15.8. The zero-order valence-electron chi connectivity index (χ0n) is 13.0. The molecule has 0 aliphatic carbocycles. The molecule has 2 heterocycles. The molecule has 1 N–H and O–H groups in total. The molecule has 2 unspecified atom stereocenters. The molecule has 0 aromatic carbocycles. The monoisotopic (exact) mass is 284 g/mol. The molecule has 2 aliphatic rings. The largest absolute Gasteiger partial charge is 0.481 e. The predicted octanol–water partition coefficient (Wildman–Crippen LogP) is 3.24. The van der Waals surface area contributed by atoms with Crippen LogP contribution >= 0.6 is 0 Å². The third-order valence-corrected chi connectivity index (χ3v) is 4.33. The van der Waals surface area contributed by atoms with Crippen molar-refractivity contribution >= 4 is 5.97 Å². The highest BCUT2D eigenvalue weighted by Crippen LogP contribution is 2.42. The summed E-state index contributed by atoms with van der Waals surface area (Å²) in [6.07, 6.45) is 5.58. The molecule has 2 rings (SSSR count). The van der Waals surface area contributed by atoms with E-state index in [1.807, 2.05) is 0 Å². The van der Waals surface area contributed by atoms with E-state index < -0.39 is 11.4 Å². The van der Waals surface area contributed by atoms with Crippen LogP contribution in [-0.4, -0.2) is 36.5 Å². The molecule has 0 spiro atoms. The topological polar surface area (TPSA) is 62.4 Å². The fourth-order valence-corrected chi connectivity index (χ4v) is 2.93. The average molecular weight is 284 g/mol. The molecule has 2 saturated heterocycles. The van der Waals surface area contributed by atoms with E-state index in [9.17, 15) is 9.90 Å². The van der Waals surface area contributed by atoms with Gasteiger partial charge in [-0.1, -0.05) is 33.6 Å². The van der Waals surface area contributed by atoms with E-state index in [0.29, 0.717) is 18.3 Å². The Balaban J connectivity index is 1.87. The maximum Gasteiger partial charge on any atom is 0.309 e. The van der Waals surface area contributed by atoms with Gasteiger partial charge < -0.3 is 14.6 Å². The smallest absolute Gasteiger partial charge is 0.309 e. The van der Waals surface area contributed by atoms with Crippen LogP contribution in [0.3, 0.4) is 0 Å². The Hall–Kier alpha value is -0.610. The number of rotatable bonds is 9. The van der Waals surface area contributed by atoms with Gasteiger partial charge in [0.05, 0.1) is 30.8 Å². The summed E-state index contributed by atoms with van der Waals surface area (Å²) in [4.78, 5) is 11.8. The van der Waals surface area contributed by atoms with Crippen molar-refractivity contribution in [3.8, 4) is 0 Å². The normalized spacial score (nSPS) is 27.9. The van der Waals surface area contributed by atoms with Crippen LogP contribution in [0.25, 0.3) is 0 Å². The van der Waals surface area contributed by atoms with Crippen LogP contribution in [0.4, 0.5) is 0 Å². The van der Waals surface area contributed by atoms with Crippen molar-refractivity contribution in [2.75, 3.05) is 13.2 Å². The maximum atomic E-state index is 11.8. The van der Waals surface area contributed by atoms with E-state index in [1.165, 1.54) is 0 Å². The van der Waals surface area contributed by atoms with Gasteiger partial charge in [-0.05, 0) is 31.1 Å². The molecule has 0 aromatic heterocycles. The summed E-state index contributed by atoms with van der Waals surface area (Å²) in [6, 6.07) is 0. The first-order chi connectivity index (χ1) is 9.31. The van der Waals surface area contributed by atoms with E-state index >= 15 is 0 Å². The summed E-state index contributed by atoms with van der Waals surface area (Å²) < 4.78 is 10.5. The Morgan fingerprint density at radius 3 is 1.85 bits per heavy atom. The lowest BCUT2D eigenvalue weighted by Gasteiger charge is -2.29. The van der Waals surface area contributed by atoms with Gasteiger partial charge in [0.25, 0.3) is 0 Å². The molecule has 20 heavy (non-hydrogen) atoms. The Bertz CT molecular complexity index is 323. The third kappa shape index (κ3) is 5.06. The maximum absolute atomic E-state index is 11.8. The number of aliphatic carboxylic acids is 1. The molecule has 2 aliphatic heterocycles. The van der Waals surface area contributed by atoms with Gasteiger partial charge in [-0.2, -0.15) is 0 Å². The summed E-state index contributed by atoms with van der Waals surface area (Å²) >= 11 is 0. The van der Waals surface area contributed by atoms with Crippen molar-refractivity contribution in [1.82, 2.24) is 0 Å². The highest BCUT2D eigenvalue weighted by atomic mass is 16.6. The molecule has 2 atom stereocenters. The zero-order chi connectivity index (χ0) is 14.8. The van der Waals surface area contributed by atoms with Gasteiger partial charge >= 0.3 is 5.97 Å². The van der Waals surface area contributed by atoms with Gasteiger partial charge in [0.2, 0.25) is 0 Å². The van der Waals surface area contributed by atoms with Crippen molar-refractivity contribution in [2.45, 2.75) is 71.5 Å². The predicted molar refractivity (Wildman–Crippen MR) is 76.7 cm³/mol. The van der Waals surface area contributed by atoms with Crippen molar-refractivity contribution in [3.63, 3.8) is 0 Å². The van der Waals surface area contributed by atoms with Crippen LogP contribution in [0.5, 0.6) is 0 Å². The minimum atomic E-state index is -0.667. The van der Waals surface area contributed by atoms with Crippen molar-refractivity contribution in [1.29, 1.82) is 0 Å². The Morgan fingerprint density at radius 1 is 1.05 bits per heavy atom. The molecule has 0 saturated carbocycles. The third-order valence-electron chi connectivity index (χ3n) is 4.33. The fourth-order valence-electron chi connectivity index (χ4n) is 2.93. The second-order valence-electron chi connectivity index (χ2n) is 7.67. The second-order valence-corrected chi connectivity index (χ2v) is 7.67. The molecule has 0 bridgehead atoms. The van der Waals surface area contributed by atoms with Crippen molar-refractivity contribution in [2.24, 2.45) is 10.8 Å². The minimum Gasteiger partial charge on any atom is -0.481 e. The van der Waals surface area contributed by atoms with Gasteiger partial charge in [0, 0.05) is 0 Å². The molecular weight excluding hydrogens is 256 g/mol. The van der Waals surface area contributed by atoms with Gasteiger partial charge in [-0.25, -0.2) is 0 Å². The molecule has 0 amide bonds. The number of hydrogen-bond donors (Lipinski definition) is 1. The summed E-state index contributed by atoms with van der Waals surface area (Å²) in [7, 11) is 0. The van der Waals surface area contributed by atoms with Crippen LogP contribution < -0.4 is 0 Å². The quantitative estimate of drug-likeness (QED) is 0.521.